The summed E-state index contributed by atoms with van der Waals surface area (Å²) in [5, 5.41) is 25.8. The zero-order valence-electron chi connectivity index (χ0n) is 20.9. The number of phenolic OH excluding ortho intramolecular Hbond substituents is 1. The first-order chi connectivity index (χ1) is 15.2. The minimum Gasteiger partial charge on any atom is -0.507 e. The number of hydrogen-bond donors (Lipinski definition) is 4. The van der Waals surface area contributed by atoms with Gasteiger partial charge in [-0.15, -0.1) is 0 Å². The molecule has 4 N–H and O–H groups in total. The molecule has 33 heavy (non-hydrogen) atoms. The number of alkyl carbamates (subject to hydrolysis) is 1. The van der Waals surface area contributed by atoms with Crippen molar-refractivity contribution >= 4 is 17.9 Å². The number of nitrogens with one attached hydrogen (secondary N) is 2. The summed E-state index contributed by atoms with van der Waals surface area (Å²) in [6.07, 6.45) is -0.764. The van der Waals surface area contributed by atoms with Gasteiger partial charge in [-0.1, -0.05) is 32.0 Å². The first-order valence-corrected chi connectivity index (χ1v) is 11.2. The van der Waals surface area contributed by atoms with Crippen LogP contribution in [0.25, 0.3) is 0 Å². The van der Waals surface area contributed by atoms with Crippen molar-refractivity contribution in [1.82, 2.24) is 15.5 Å². The van der Waals surface area contributed by atoms with E-state index in [0.29, 0.717) is 5.56 Å². The van der Waals surface area contributed by atoms with E-state index in [2.05, 4.69) is 10.6 Å². The summed E-state index contributed by atoms with van der Waals surface area (Å²) in [6.45, 7) is 13.3. The summed E-state index contributed by atoms with van der Waals surface area (Å²) < 4.78 is 5.30. The normalized spacial score (nSPS) is 13.4. The molecule has 0 bridgehead atoms. The average molecular weight is 466 g/mol. The Morgan fingerprint density at radius 2 is 1.70 bits per heavy atom. The molecular formula is C24H39N3O6. The zero-order chi connectivity index (χ0) is 25.5. The molecule has 1 aromatic rings. The zero-order valence-corrected chi connectivity index (χ0v) is 20.9. The Morgan fingerprint density at radius 3 is 2.18 bits per heavy atom. The van der Waals surface area contributed by atoms with Crippen LogP contribution < -0.4 is 10.6 Å². The highest BCUT2D eigenvalue weighted by Gasteiger charge is 2.38. The second-order valence-corrected chi connectivity index (χ2v) is 9.70. The first-order valence-electron chi connectivity index (χ1n) is 11.2. The van der Waals surface area contributed by atoms with Crippen molar-refractivity contribution in [1.29, 1.82) is 0 Å². The minimum absolute atomic E-state index is 0.113. The lowest BCUT2D eigenvalue weighted by Gasteiger charge is -2.35. The number of phenols is 1. The van der Waals surface area contributed by atoms with Gasteiger partial charge < -0.3 is 30.5 Å². The third-order valence-corrected chi connectivity index (χ3v) is 4.78. The van der Waals surface area contributed by atoms with Crippen molar-refractivity contribution in [3.63, 3.8) is 0 Å². The van der Waals surface area contributed by atoms with E-state index in [1.165, 1.54) is 4.90 Å². The van der Waals surface area contributed by atoms with Gasteiger partial charge in [0.15, 0.2) is 0 Å². The summed E-state index contributed by atoms with van der Waals surface area (Å²) >= 11 is 0. The average Bonchev–Trinajstić information content (AvgIpc) is 2.66. The molecule has 0 aliphatic carbocycles. The Hall–Kier alpha value is -2.81. The number of ether oxygens (including phenoxy) is 1. The maximum Gasteiger partial charge on any atom is 0.408 e. The van der Waals surface area contributed by atoms with Gasteiger partial charge in [0.1, 0.15) is 23.4 Å². The van der Waals surface area contributed by atoms with Gasteiger partial charge >= 0.3 is 6.09 Å². The van der Waals surface area contributed by atoms with E-state index in [0.717, 1.165) is 0 Å². The number of benzene rings is 1. The summed E-state index contributed by atoms with van der Waals surface area (Å²) in [5.74, 6) is -1.54. The predicted molar refractivity (Wildman–Crippen MR) is 126 cm³/mol. The van der Waals surface area contributed by atoms with E-state index in [9.17, 15) is 24.6 Å². The molecule has 186 valence electrons. The van der Waals surface area contributed by atoms with Crippen molar-refractivity contribution in [3.8, 4) is 5.75 Å². The molecule has 2 atom stereocenters. The number of amides is 3. The second-order valence-electron chi connectivity index (χ2n) is 9.70. The van der Waals surface area contributed by atoms with E-state index >= 15 is 0 Å². The van der Waals surface area contributed by atoms with Gasteiger partial charge in [0.25, 0.3) is 0 Å². The number of aliphatic hydroxyl groups excluding tert-OH is 1. The van der Waals surface area contributed by atoms with Gasteiger partial charge in [-0.25, -0.2) is 4.79 Å². The number of aromatic hydroxyl groups is 1. The standard InChI is InChI=1S/C24H39N3O6/c1-14(2)18(26-23(32)33-24(6,7)8)22(31)27(12-13-28)19(21(30)25-15(3)4)17-11-9-10-16(5)20(17)29/h9-11,14-15,18-19,28-29H,12-13H2,1-8H3,(H,25,30)(H,26,32). The number of rotatable bonds is 9. The van der Waals surface area contributed by atoms with Crippen molar-refractivity contribution in [2.24, 2.45) is 5.92 Å². The van der Waals surface area contributed by atoms with Crippen LogP contribution in [0.15, 0.2) is 18.2 Å². The van der Waals surface area contributed by atoms with Crippen LogP contribution in [0, 0.1) is 12.8 Å². The van der Waals surface area contributed by atoms with Crippen molar-refractivity contribution in [3.05, 3.63) is 29.3 Å². The van der Waals surface area contributed by atoms with Gasteiger partial charge in [0.2, 0.25) is 11.8 Å². The number of aryl methyl sites for hydroxylation is 1. The van der Waals surface area contributed by atoms with E-state index in [-0.39, 0.29) is 29.8 Å². The highest BCUT2D eigenvalue weighted by Crippen LogP contribution is 2.32. The number of nitrogens with zero attached hydrogens (tertiary/aromatic N) is 1. The van der Waals surface area contributed by atoms with Crippen LogP contribution in [0.2, 0.25) is 0 Å². The van der Waals surface area contributed by atoms with Gasteiger partial charge in [-0.2, -0.15) is 0 Å². The van der Waals surface area contributed by atoms with Crippen LogP contribution in [-0.4, -0.2) is 63.9 Å². The quantitative estimate of drug-likeness (QED) is 0.444. The number of hydrogen-bond acceptors (Lipinski definition) is 6. The van der Waals surface area contributed by atoms with E-state index in [1.807, 2.05) is 0 Å². The second kappa shape index (κ2) is 11.9. The summed E-state index contributed by atoms with van der Waals surface area (Å²) in [5.41, 5.74) is 0.0141. The molecule has 0 heterocycles. The summed E-state index contributed by atoms with van der Waals surface area (Å²) in [7, 11) is 0. The fourth-order valence-corrected chi connectivity index (χ4v) is 3.32. The highest BCUT2D eigenvalue weighted by molar-refractivity contribution is 5.92. The largest absolute Gasteiger partial charge is 0.507 e. The summed E-state index contributed by atoms with van der Waals surface area (Å²) in [6, 6.07) is 2.48. The topological polar surface area (TPSA) is 128 Å². The van der Waals surface area contributed by atoms with E-state index < -0.39 is 42.2 Å². The predicted octanol–water partition coefficient (Wildman–Crippen LogP) is 2.64. The molecule has 9 nitrogen and oxygen atoms in total. The van der Waals surface area contributed by atoms with Crippen LogP contribution in [0.3, 0.4) is 0 Å². The third-order valence-electron chi connectivity index (χ3n) is 4.78. The molecule has 0 aliphatic heterocycles. The first kappa shape index (κ1) is 28.2. The minimum atomic E-state index is -1.21. The number of carbonyl (C=O) groups is 3. The van der Waals surface area contributed by atoms with Gasteiger partial charge in [0, 0.05) is 18.2 Å². The van der Waals surface area contributed by atoms with E-state index in [1.54, 1.807) is 73.6 Å². The lowest BCUT2D eigenvalue weighted by Crippen LogP contribution is -2.55. The van der Waals surface area contributed by atoms with Crippen molar-refractivity contribution in [2.45, 2.75) is 79.1 Å². The molecule has 0 fully saturated rings. The molecule has 0 spiro atoms. The van der Waals surface area contributed by atoms with Crippen LogP contribution >= 0.6 is 0 Å². The van der Waals surface area contributed by atoms with Gasteiger partial charge in [-0.3, -0.25) is 9.59 Å². The van der Waals surface area contributed by atoms with Gasteiger partial charge in [0.05, 0.1) is 6.61 Å². The molecule has 3 amide bonds. The van der Waals surface area contributed by atoms with Crippen LogP contribution in [-0.2, 0) is 14.3 Å². The number of para-hydroxylation sites is 1. The molecular weight excluding hydrogens is 426 g/mol. The smallest absolute Gasteiger partial charge is 0.408 e. The Labute approximate surface area is 196 Å². The van der Waals surface area contributed by atoms with Crippen LogP contribution in [0.4, 0.5) is 4.79 Å². The van der Waals surface area contributed by atoms with Crippen molar-refractivity contribution in [2.75, 3.05) is 13.2 Å². The van der Waals surface area contributed by atoms with Gasteiger partial charge in [-0.05, 0) is 53.0 Å². The lowest BCUT2D eigenvalue weighted by atomic mass is 9.97. The van der Waals surface area contributed by atoms with Crippen LogP contribution in [0.5, 0.6) is 5.75 Å². The van der Waals surface area contributed by atoms with Crippen LogP contribution in [0.1, 0.15) is 65.6 Å². The Bertz CT molecular complexity index is 832. The molecule has 0 saturated carbocycles. The maximum atomic E-state index is 13.7. The fourth-order valence-electron chi connectivity index (χ4n) is 3.32. The highest BCUT2D eigenvalue weighted by atomic mass is 16.6. The SMILES string of the molecule is Cc1cccc(C(C(=O)NC(C)C)N(CCO)C(=O)C(NC(=O)OC(C)(C)C)C(C)C)c1O. The Balaban J connectivity index is 3.48. The molecule has 0 aliphatic rings. The monoisotopic (exact) mass is 465 g/mol. The summed E-state index contributed by atoms with van der Waals surface area (Å²) in [4.78, 5) is 40.5. The molecule has 0 saturated heterocycles. The molecule has 2 unspecified atom stereocenters. The maximum absolute atomic E-state index is 13.7. The van der Waals surface area contributed by atoms with E-state index in [4.69, 9.17) is 4.74 Å². The molecule has 9 heteroatoms. The fraction of sp³-hybridized carbons (Fsp3) is 0.625. The Kier molecular flexibility index (Phi) is 10.2. The lowest BCUT2D eigenvalue weighted by molar-refractivity contribution is -0.144. The molecule has 0 radical (unpaired) electrons. The molecule has 0 aromatic heterocycles. The molecule has 1 rings (SSSR count). The number of carbonyl (C=O) groups excluding carboxylic acids is 3. The van der Waals surface area contributed by atoms with Crippen molar-refractivity contribution < 1.29 is 29.3 Å². The Morgan fingerprint density at radius 1 is 1.09 bits per heavy atom. The third kappa shape index (κ3) is 8.24. The molecule has 1 aromatic carbocycles. The number of aliphatic hydroxyl groups is 1.